The van der Waals surface area contributed by atoms with Crippen molar-refractivity contribution in [3.63, 3.8) is 0 Å². The quantitative estimate of drug-likeness (QED) is 0.626. The standard InChI is InChI=1S/C19H20F2N4/c1-2-23-19(24-9-8-14-4-3-5-17(20)11-14)25-13-16-10-15(12-22)6-7-18(16)21/h3-7,10-11H,2,8-9,13H2,1H3,(H2,23,24,25). The molecule has 4 nitrogen and oxygen atoms in total. The molecule has 0 spiro atoms. The lowest BCUT2D eigenvalue weighted by Crippen LogP contribution is -2.38. The van der Waals surface area contributed by atoms with Crippen LogP contribution < -0.4 is 10.6 Å². The van der Waals surface area contributed by atoms with Crippen molar-refractivity contribution in [3.05, 3.63) is 70.8 Å². The minimum Gasteiger partial charge on any atom is -0.357 e. The number of guanidine groups is 1. The molecule has 0 amide bonds. The lowest BCUT2D eigenvalue weighted by molar-refractivity contribution is 0.610. The van der Waals surface area contributed by atoms with Gasteiger partial charge in [-0.1, -0.05) is 12.1 Å². The van der Waals surface area contributed by atoms with Crippen LogP contribution in [-0.2, 0) is 13.0 Å². The maximum absolute atomic E-state index is 13.8. The molecule has 25 heavy (non-hydrogen) atoms. The highest BCUT2D eigenvalue weighted by molar-refractivity contribution is 5.79. The van der Waals surface area contributed by atoms with Gasteiger partial charge in [0.15, 0.2) is 5.96 Å². The smallest absolute Gasteiger partial charge is 0.191 e. The highest BCUT2D eigenvalue weighted by Crippen LogP contribution is 2.11. The summed E-state index contributed by atoms with van der Waals surface area (Å²) in [7, 11) is 0. The fourth-order valence-electron chi connectivity index (χ4n) is 2.29. The van der Waals surface area contributed by atoms with Crippen molar-refractivity contribution in [1.29, 1.82) is 5.26 Å². The van der Waals surface area contributed by atoms with Gasteiger partial charge in [-0.25, -0.2) is 13.8 Å². The van der Waals surface area contributed by atoms with E-state index in [1.807, 2.05) is 19.1 Å². The van der Waals surface area contributed by atoms with E-state index in [0.717, 1.165) is 5.56 Å². The Morgan fingerprint density at radius 1 is 1.16 bits per heavy atom. The zero-order chi connectivity index (χ0) is 18.1. The molecule has 6 heteroatoms. The van der Waals surface area contributed by atoms with Gasteiger partial charge in [0.25, 0.3) is 0 Å². The molecular formula is C19H20F2N4. The highest BCUT2D eigenvalue weighted by atomic mass is 19.1. The zero-order valence-corrected chi connectivity index (χ0v) is 14.0. The largest absolute Gasteiger partial charge is 0.357 e. The second-order valence-corrected chi connectivity index (χ2v) is 5.42. The van der Waals surface area contributed by atoms with Crippen molar-refractivity contribution in [1.82, 2.24) is 10.6 Å². The van der Waals surface area contributed by atoms with Gasteiger partial charge in [-0.15, -0.1) is 0 Å². The number of nitrogens with zero attached hydrogens (tertiary/aromatic N) is 2. The molecule has 0 aliphatic heterocycles. The average Bonchev–Trinajstić information content (AvgIpc) is 2.61. The number of benzene rings is 2. The van der Waals surface area contributed by atoms with Gasteiger partial charge in [-0.3, -0.25) is 0 Å². The van der Waals surface area contributed by atoms with Gasteiger partial charge in [0.2, 0.25) is 0 Å². The molecule has 2 aromatic carbocycles. The Bertz CT molecular complexity index is 781. The van der Waals surface area contributed by atoms with Gasteiger partial charge in [0.1, 0.15) is 11.6 Å². The van der Waals surface area contributed by atoms with E-state index in [0.29, 0.717) is 36.6 Å². The average molecular weight is 342 g/mol. The summed E-state index contributed by atoms with van der Waals surface area (Å²) in [6.07, 6.45) is 0.639. The van der Waals surface area contributed by atoms with E-state index in [2.05, 4.69) is 15.6 Å². The molecule has 0 aliphatic carbocycles. The predicted molar refractivity (Wildman–Crippen MR) is 94.0 cm³/mol. The third kappa shape index (κ3) is 5.88. The van der Waals surface area contributed by atoms with Crippen LogP contribution in [0.4, 0.5) is 8.78 Å². The van der Waals surface area contributed by atoms with Gasteiger partial charge in [0, 0.05) is 18.7 Å². The first-order chi connectivity index (χ1) is 12.1. The molecule has 0 bridgehead atoms. The third-order valence-corrected chi connectivity index (χ3v) is 3.52. The Hall–Kier alpha value is -2.94. The van der Waals surface area contributed by atoms with Crippen molar-refractivity contribution in [2.24, 2.45) is 4.99 Å². The number of hydrogen-bond acceptors (Lipinski definition) is 2. The predicted octanol–water partition coefficient (Wildman–Crippen LogP) is 3.13. The van der Waals surface area contributed by atoms with Crippen LogP contribution in [0.3, 0.4) is 0 Å². The Balaban J connectivity index is 1.97. The number of aliphatic imine (C=N–C) groups is 1. The number of nitriles is 1. The number of nitrogens with one attached hydrogen (secondary N) is 2. The maximum atomic E-state index is 13.8. The minimum atomic E-state index is -0.390. The summed E-state index contributed by atoms with van der Waals surface area (Å²) in [4.78, 5) is 4.34. The van der Waals surface area contributed by atoms with Crippen LogP contribution in [0.25, 0.3) is 0 Å². The number of hydrogen-bond donors (Lipinski definition) is 2. The molecule has 0 saturated heterocycles. The molecule has 2 aromatic rings. The van der Waals surface area contributed by atoms with Crippen molar-refractivity contribution in [2.75, 3.05) is 13.1 Å². The SMILES string of the molecule is CCNC(=NCc1cc(C#N)ccc1F)NCCc1cccc(F)c1. The van der Waals surface area contributed by atoms with Crippen molar-refractivity contribution in [2.45, 2.75) is 19.9 Å². The van der Waals surface area contributed by atoms with Crippen LogP contribution in [0.1, 0.15) is 23.6 Å². The first-order valence-electron chi connectivity index (χ1n) is 8.07. The molecule has 2 N–H and O–H groups in total. The lowest BCUT2D eigenvalue weighted by atomic mass is 10.1. The zero-order valence-electron chi connectivity index (χ0n) is 14.0. The van der Waals surface area contributed by atoms with Gasteiger partial charge in [0.05, 0.1) is 18.2 Å². The fourth-order valence-corrected chi connectivity index (χ4v) is 2.29. The van der Waals surface area contributed by atoms with Crippen LogP contribution in [0.15, 0.2) is 47.5 Å². The van der Waals surface area contributed by atoms with Crippen molar-refractivity contribution in [3.8, 4) is 6.07 Å². The van der Waals surface area contributed by atoms with Crippen LogP contribution in [0, 0.1) is 23.0 Å². The molecule has 0 aliphatic rings. The van der Waals surface area contributed by atoms with E-state index in [4.69, 9.17) is 5.26 Å². The summed E-state index contributed by atoms with van der Waals surface area (Å²) in [5.74, 6) is -0.107. The molecule has 0 saturated carbocycles. The Labute approximate surface area is 146 Å². The third-order valence-electron chi connectivity index (χ3n) is 3.52. The number of halogens is 2. The van der Waals surface area contributed by atoms with E-state index in [1.54, 1.807) is 6.07 Å². The second kappa shape index (κ2) is 9.38. The molecule has 0 heterocycles. The molecule has 0 atom stereocenters. The van der Waals surface area contributed by atoms with E-state index in [1.165, 1.54) is 30.3 Å². The summed E-state index contributed by atoms with van der Waals surface area (Å²) >= 11 is 0. The maximum Gasteiger partial charge on any atom is 0.191 e. The monoisotopic (exact) mass is 342 g/mol. The molecule has 0 unspecified atom stereocenters. The topological polar surface area (TPSA) is 60.2 Å². The number of rotatable bonds is 6. The molecule has 130 valence electrons. The van der Waals surface area contributed by atoms with Gasteiger partial charge in [-0.05, 0) is 49.2 Å². The van der Waals surface area contributed by atoms with Crippen molar-refractivity contribution >= 4 is 5.96 Å². The molecular weight excluding hydrogens is 322 g/mol. The Morgan fingerprint density at radius 3 is 2.72 bits per heavy atom. The van der Waals surface area contributed by atoms with Crippen LogP contribution >= 0.6 is 0 Å². The fraction of sp³-hybridized carbons (Fsp3) is 0.263. The first-order valence-corrected chi connectivity index (χ1v) is 8.07. The van der Waals surface area contributed by atoms with Gasteiger partial charge in [-0.2, -0.15) is 5.26 Å². The minimum absolute atomic E-state index is 0.122. The van der Waals surface area contributed by atoms with Crippen molar-refractivity contribution < 1.29 is 8.78 Å². The second-order valence-electron chi connectivity index (χ2n) is 5.42. The molecule has 0 fully saturated rings. The molecule has 0 radical (unpaired) electrons. The lowest BCUT2D eigenvalue weighted by Gasteiger charge is -2.11. The van der Waals surface area contributed by atoms with Gasteiger partial charge < -0.3 is 10.6 Å². The summed E-state index contributed by atoms with van der Waals surface area (Å²) in [5, 5.41) is 15.1. The Morgan fingerprint density at radius 2 is 2.00 bits per heavy atom. The van der Waals surface area contributed by atoms with E-state index in [-0.39, 0.29) is 12.4 Å². The summed E-state index contributed by atoms with van der Waals surface area (Å²) in [6.45, 7) is 3.28. The van der Waals surface area contributed by atoms with E-state index in [9.17, 15) is 8.78 Å². The normalized spacial score (nSPS) is 11.0. The molecule has 0 aromatic heterocycles. The van der Waals surface area contributed by atoms with E-state index >= 15 is 0 Å². The first kappa shape index (κ1) is 18.4. The summed E-state index contributed by atoms with van der Waals surface area (Å²) < 4.78 is 27.0. The van der Waals surface area contributed by atoms with Crippen LogP contribution in [0.5, 0.6) is 0 Å². The highest BCUT2D eigenvalue weighted by Gasteiger charge is 2.04. The Kier molecular flexibility index (Phi) is 6.90. The van der Waals surface area contributed by atoms with E-state index < -0.39 is 5.82 Å². The summed E-state index contributed by atoms with van der Waals surface area (Å²) in [5.41, 5.74) is 1.65. The molecule has 2 rings (SSSR count). The van der Waals surface area contributed by atoms with Gasteiger partial charge >= 0.3 is 0 Å². The van der Waals surface area contributed by atoms with Crippen LogP contribution in [0.2, 0.25) is 0 Å². The summed E-state index contributed by atoms with van der Waals surface area (Å²) in [6, 6.07) is 12.6. The van der Waals surface area contributed by atoms with Crippen LogP contribution in [-0.4, -0.2) is 19.0 Å².